The summed E-state index contributed by atoms with van der Waals surface area (Å²) < 4.78 is 16.0. The molecule has 1 amide bonds. The fourth-order valence-electron chi connectivity index (χ4n) is 4.15. The lowest BCUT2D eigenvalue weighted by Gasteiger charge is -2.36. The van der Waals surface area contributed by atoms with E-state index in [1.165, 1.54) is 6.07 Å². The van der Waals surface area contributed by atoms with Crippen LogP contribution in [0, 0.1) is 19.7 Å². The molecular weight excluding hydrogens is 379 g/mol. The van der Waals surface area contributed by atoms with E-state index in [0.29, 0.717) is 44.7 Å². The quantitative estimate of drug-likeness (QED) is 0.645. The second-order valence-electron chi connectivity index (χ2n) is 7.72. The average Bonchev–Trinajstić information content (AvgIpc) is 3.06. The van der Waals surface area contributed by atoms with Crippen LogP contribution in [-0.2, 0) is 11.2 Å². The van der Waals surface area contributed by atoms with Gasteiger partial charge in [0.15, 0.2) is 0 Å². The highest BCUT2D eigenvalue weighted by atomic mass is 19.1. The van der Waals surface area contributed by atoms with Crippen molar-refractivity contribution in [3.05, 3.63) is 77.4 Å². The summed E-state index contributed by atoms with van der Waals surface area (Å²) in [5.41, 5.74) is 4.82. The van der Waals surface area contributed by atoms with Crippen LogP contribution < -0.4 is 4.90 Å². The van der Waals surface area contributed by atoms with E-state index in [9.17, 15) is 9.18 Å². The molecule has 0 unspecified atom stereocenters. The van der Waals surface area contributed by atoms with E-state index < -0.39 is 0 Å². The van der Waals surface area contributed by atoms with Crippen LogP contribution >= 0.6 is 0 Å². The van der Waals surface area contributed by atoms with Gasteiger partial charge in [-0.15, -0.1) is 0 Å². The summed E-state index contributed by atoms with van der Waals surface area (Å²) in [6, 6.07) is 16.9. The highest BCUT2D eigenvalue weighted by Crippen LogP contribution is 2.22. The number of rotatable bonds is 5. The monoisotopic (exact) mass is 406 g/mol. The molecule has 6 heteroatoms. The molecule has 4 rings (SSSR count). The zero-order valence-electron chi connectivity index (χ0n) is 17.5. The predicted octanol–water partition coefficient (Wildman–Crippen LogP) is 3.91. The number of hydrogen-bond donors (Lipinski definition) is 0. The second kappa shape index (κ2) is 8.69. The van der Waals surface area contributed by atoms with Crippen molar-refractivity contribution in [1.82, 2.24) is 14.7 Å². The van der Waals surface area contributed by atoms with E-state index in [0.717, 1.165) is 22.6 Å². The number of halogens is 1. The second-order valence-corrected chi connectivity index (χ2v) is 7.72. The topological polar surface area (TPSA) is 41.4 Å². The molecular formula is C24H27FN4O. The first-order valence-electron chi connectivity index (χ1n) is 10.4. The molecule has 1 saturated heterocycles. The van der Waals surface area contributed by atoms with E-state index >= 15 is 0 Å². The Morgan fingerprint density at radius 3 is 2.33 bits per heavy atom. The molecule has 1 aliphatic heterocycles. The van der Waals surface area contributed by atoms with Gasteiger partial charge in [-0.1, -0.05) is 30.3 Å². The Kier molecular flexibility index (Phi) is 5.84. The first-order chi connectivity index (χ1) is 14.5. The molecule has 0 bridgehead atoms. The van der Waals surface area contributed by atoms with Gasteiger partial charge in [-0.05, 0) is 50.1 Å². The van der Waals surface area contributed by atoms with Crippen molar-refractivity contribution in [1.29, 1.82) is 0 Å². The number of piperazine rings is 1. The zero-order chi connectivity index (χ0) is 21.1. The summed E-state index contributed by atoms with van der Waals surface area (Å²) in [7, 11) is 0. The van der Waals surface area contributed by atoms with E-state index in [-0.39, 0.29) is 11.7 Å². The summed E-state index contributed by atoms with van der Waals surface area (Å²) in [4.78, 5) is 16.7. The van der Waals surface area contributed by atoms with E-state index in [1.807, 2.05) is 57.8 Å². The fourth-order valence-corrected chi connectivity index (χ4v) is 4.15. The van der Waals surface area contributed by atoms with Gasteiger partial charge in [0, 0.05) is 38.3 Å². The third-order valence-electron chi connectivity index (χ3n) is 5.86. The van der Waals surface area contributed by atoms with Gasteiger partial charge < -0.3 is 9.80 Å². The van der Waals surface area contributed by atoms with Crippen molar-refractivity contribution < 1.29 is 9.18 Å². The molecule has 0 radical (unpaired) electrons. The Morgan fingerprint density at radius 2 is 1.63 bits per heavy atom. The lowest BCUT2D eigenvalue weighted by Crippen LogP contribution is -2.49. The van der Waals surface area contributed by atoms with Gasteiger partial charge in [0.2, 0.25) is 5.91 Å². The van der Waals surface area contributed by atoms with Crippen molar-refractivity contribution in [2.75, 3.05) is 31.1 Å². The summed E-state index contributed by atoms with van der Waals surface area (Å²) in [6.07, 6.45) is 1.14. The van der Waals surface area contributed by atoms with E-state index in [2.05, 4.69) is 12.0 Å². The SMILES string of the molecule is Cc1nn(-c2ccccc2)c(C)c1CCC(=O)N1CCN(c2ccccc2F)CC1. The molecule has 1 fully saturated rings. The zero-order valence-corrected chi connectivity index (χ0v) is 17.5. The molecule has 1 aromatic heterocycles. The maximum Gasteiger partial charge on any atom is 0.223 e. The minimum Gasteiger partial charge on any atom is -0.366 e. The van der Waals surface area contributed by atoms with Crippen LogP contribution in [0.1, 0.15) is 23.4 Å². The maximum atomic E-state index is 14.0. The van der Waals surface area contributed by atoms with Crippen LogP contribution in [0.4, 0.5) is 10.1 Å². The third-order valence-corrected chi connectivity index (χ3v) is 5.86. The molecule has 2 aromatic carbocycles. The van der Waals surface area contributed by atoms with Gasteiger partial charge in [-0.2, -0.15) is 5.10 Å². The number of nitrogens with zero attached hydrogens (tertiary/aromatic N) is 4. The Hall–Kier alpha value is -3.15. The minimum atomic E-state index is -0.210. The number of benzene rings is 2. The molecule has 30 heavy (non-hydrogen) atoms. The number of carbonyl (C=O) groups is 1. The van der Waals surface area contributed by atoms with Crippen molar-refractivity contribution >= 4 is 11.6 Å². The molecule has 0 saturated carbocycles. The number of anilines is 1. The van der Waals surface area contributed by atoms with Gasteiger partial charge >= 0.3 is 0 Å². The number of amides is 1. The smallest absolute Gasteiger partial charge is 0.223 e. The third kappa shape index (κ3) is 4.08. The molecule has 0 N–H and O–H groups in total. The lowest BCUT2D eigenvalue weighted by molar-refractivity contribution is -0.131. The molecule has 0 atom stereocenters. The normalized spacial score (nSPS) is 14.2. The number of aromatic nitrogens is 2. The number of aryl methyl sites for hydroxylation is 1. The van der Waals surface area contributed by atoms with Gasteiger partial charge in [-0.3, -0.25) is 4.79 Å². The molecule has 5 nitrogen and oxygen atoms in total. The standard InChI is InChI=1S/C24H27FN4O/c1-18-21(19(2)29(26-18)20-8-4-3-5-9-20)12-13-24(30)28-16-14-27(15-17-28)23-11-7-6-10-22(23)25/h3-11H,12-17H2,1-2H3. The predicted molar refractivity (Wildman–Crippen MR) is 117 cm³/mol. The van der Waals surface area contributed by atoms with Gasteiger partial charge in [0.25, 0.3) is 0 Å². The first-order valence-corrected chi connectivity index (χ1v) is 10.4. The largest absolute Gasteiger partial charge is 0.366 e. The van der Waals surface area contributed by atoms with Crippen molar-refractivity contribution in [2.24, 2.45) is 0 Å². The summed E-state index contributed by atoms with van der Waals surface area (Å²) in [5, 5.41) is 4.67. The van der Waals surface area contributed by atoms with E-state index in [4.69, 9.17) is 0 Å². The van der Waals surface area contributed by atoms with Gasteiger partial charge in [0.1, 0.15) is 5.82 Å². The van der Waals surface area contributed by atoms with Crippen LogP contribution in [-0.4, -0.2) is 46.8 Å². The molecule has 0 spiro atoms. The summed E-state index contributed by atoms with van der Waals surface area (Å²) in [6.45, 7) is 6.59. The number of carbonyl (C=O) groups excluding carboxylic acids is 1. The van der Waals surface area contributed by atoms with Crippen LogP contribution in [0.3, 0.4) is 0 Å². The van der Waals surface area contributed by atoms with Crippen LogP contribution in [0.5, 0.6) is 0 Å². The highest BCUT2D eigenvalue weighted by molar-refractivity contribution is 5.77. The molecule has 1 aliphatic rings. The molecule has 0 aliphatic carbocycles. The van der Waals surface area contributed by atoms with Crippen molar-refractivity contribution in [2.45, 2.75) is 26.7 Å². The Bertz CT molecular complexity index is 1020. The number of hydrogen-bond acceptors (Lipinski definition) is 3. The lowest BCUT2D eigenvalue weighted by atomic mass is 10.1. The van der Waals surface area contributed by atoms with Crippen LogP contribution in [0.15, 0.2) is 54.6 Å². The maximum absolute atomic E-state index is 14.0. The Balaban J connectivity index is 1.36. The van der Waals surface area contributed by atoms with Gasteiger partial charge in [0.05, 0.1) is 17.1 Å². The summed E-state index contributed by atoms with van der Waals surface area (Å²) >= 11 is 0. The Labute approximate surface area is 176 Å². The Morgan fingerprint density at radius 1 is 0.967 bits per heavy atom. The summed E-state index contributed by atoms with van der Waals surface area (Å²) in [5.74, 6) is -0.0619. The van der Waals surface area contributed by atoms with E-state index in [1.54, 1.807) is 12.1 Å². The average molecular weight is 407 g/mol. The van der Waals surface area contributed by atoms with Crippen molar-refractivity contribution in [3.63, 3.8) is 0 Å². The van der Waals surface area contributed by atoms with Crippen molar-refractivity contribution in [3.8, 4) is 5.69 Å². The first kappa shape index (κ1) is 20.1. The molecule has 156 valence electrons. The minimum absolute atomic E-state index is 0.148. The molecule has 2 heterocycles. The number of para-hydroxylation sites is 2. The molecule has 3 aromatic rings. The fraction of sp³-hybridized carbons (Fsp3) is 0.333. The highest BCUT2D eigenvalue weighted by Gasteiger charge is 2.23. The van der Waals surface area contributed by atoms with Crippen LogP contribution in [0.25, 0.3) is 5.69 Å². The van der Waals surface area contributed by atoms with Crippen LogP contribution in [0.2, 0.25) is 0 Å². The van der Waals surface area contributed by atoms with Gasteiger partial charge in [-0.25, -0.2) is 9.07 Å².